The average Bonchev–Trinajstić information content (AvgIpc) is 3.57. The number of amides is 1. The molecule has 0 aliphatic carbocycles. The fourth-order valence-electron chi connectivity index (χ4n) is 4.78. The van der Waals surface area contributed by atoms with E-state index in [9.17, 15) is 4.79 Å². The van der Waals surface area contributed by atoms with Gasteiger partial charge < -0.3 is 29.6 Å². The summed E-state index contributed by atoms with van der Waals surface area (Å²) >= 11 is 5.80. The third-order valence-corrected chi connectivity index (χ3v) is 6.93. The lowest BCUT2D eigenvalue weighted by atomic mass is 10.0. The molecule has 38 heavy (non-hydrogen) atoms. The zero-order valence-corrected chi connectivity index (χ0v) is 22.0. The number of hydrogen-bond donors (Lipinski definition) is 2. The van der Waals surface area contributed by atoms with Gasteiger partial charge in [0.2, 0.25) is 5.91 Å². The molecule has 0 bridgehead atoms. The summed E-state index contributed by atoms with van der Waals surface area (Å²) in [6.45, 7) is 0.421. The Morgan fingerprint density at radius 1 is 1.03 bits per heavy atom. The van der Waals surface area contributed by atoms with Crippen molar-refractivity contribution in [1.29, 1.82) is 0 Å². The van der Waals surface area contributed by atoms with E-state index < -0.39 is 0 Å². The van der Waals surface area contributed by atoms with Crippen LogP contribution in [0.3, 0.4) is 0 Å². The highest BCUT2D eigenvalue weighted by Crippen LogP contribution is 2.40. The molecular weight excluding hydrogens is 498 g/mol. The van der Waals surface area contributed by atoms with Crippen LogP contribution >= 0.6 is 12.2 Å². The van der Waals surface area contributed by atoms with Crippen molar-refractivity contribution in [3.63, 3.8) is 0 Å². The molecule has 3 heterocycles. The van der Waals surface area contributed by atoms with Crippen LogP contribution in [0, 0.1) is 0 Å². The molecule has 1 aliphatic rings. The first kappa shape index (κ1) is 25.3. The van der Waals surface area contributed by atoms with Crippen LogP contribution in [0.15, 0.2) is 91.3 Å². The first-order valence-electron chi connectivity index (χ1n) is 12.3. The maximum atomic E-state index is 13.0. The molecule has 8 nitrogen and oxygen atoms in total. The highest BCUT2D eigenvalue weighted by atomic mass is 32.1. The molecule has 2 aromatic heterocycles. The zero-order chi connectivity index (χ0) is 26.5. The Morgan fingerprint density at radius 2 is 1.87 bits per heavy atom. The second-order valence-corrected chi connectivity index (χ2v) is 9.21. The van der Waals surface area contributed by atoms with Gasteiger partial charge >= 0.3 is 0 Å². The summed E-state index contributed by atoms with van der Waals surface area (Å²) in [7, 11) is 3.24. The lowest BCUT2D eigenvalue weighted by molar-refractivity contribution is -0.116. The Morgan fingerprint density at radius 3 is 2.66 bits per heavy atom. The van der Waals surface area contributed by atoms with Gasteiger partial charge in [-0.05, 0) is 60.7 Å². The molecule has 0 spiro atoms. The number of methoxy groups -OCH3 is 2. The number of pyridine rings is 1. The van der Waals surface area contributed by atoms with Crippen molar-refractivity contribution in [2.45, 2.75) is 18.5 Å². The number of benzene rings is 2. The summed E-state index contributed by atoms with van der Waals surface area (Å²) in [5, 5.41) is 6.99. The quantitative estimate of drug-likeness (QED) is 0.300. The molecule has 1 saturated heterocycles. The second kappa shape index (κ2) is 11.4. The maximum absolute atomic E-state index is 13.0. The van der Waals surface area contributed by atoms with Gasteiger partial charge in [-0.2, -0.15) is 0 Å². The van der Waals surface area contributed by atoms with E-state index in [0.717, 1.165) is 22.8 Å². The molecule has 2 unspecified atom stereocenters. The monoisotopic (exact) mass is 527 g/mol. The van der Waals surface area contributed by atoms with Gasteiger partial charge in [-0.3, -0.25) is 9.78 Å². The fraction of sp³-hybridized carbons (Fsp3) is 0.207. The predicted octanol–water partition coefficient (Wildman–Crippen LogP) is 4.89. The number of ether oxygens (including phenoxy) is 2. The zero-order valence-electron chi connectivity index (χ0n) is 21.2. The van der Waals surface area contributed by atoms with Crippen molar-refractivity contribution in [2.75, 3.05) is 26.1 Å². The Labute approximate surface area is 227 Å². The van der Waals surface area contributed by atoms with E-state index in [0.29, 0.717) is 23.1 Å². The van der Waals surface area contributed by atoms with Crippen LogP contribution in [0.2, 0.25) is 0 Å². The van der Waals surface area contributed by atoms with E-state index in [1.165, 1.54) is 0 Å². The molecule has 1 aliphatic heterocycles. The lowest BCUT2D eigenvalue weighted by Gasteiger charge is -2.29. The fourth-order valence-corrected chi connectivity index (χ4v) is 5.11. The van der Waals surface area contributed by atoms with Crippen LogP contribution in [0.1, 0.15) is 29.9 Å². The van der Waals surface area contributed by atoms with E-state index in [1.54, 1.807) is 20.4 Å². The number of aromatic nitrogens is 2. The van der Waals surface area contributed by atoms with Crippen molar-refractivity contribution in [3.05, 3.63) is 103 Å². The van der Waals surface area contributed by atoms with Gasteiger partial charge in [0.05, 0.1) is 37.7 Å². The largest absolute Gasteiger partial charge is 0.497 e. The SMILES string of the molecule is COc1cccc(-n2cccc2C2C(c3ccccn3)NC(=S)N2CCC(=O)Nc2ccccc2OC)c1. The van der Waals surface area contributed by atoms with Crippen LogP contribution in [0.25, 0.3) is 5.69 Å². The third kappa shape index (κ3) is 5.19. The first-order chi connectivity index (χ1) is 18.6. The van der Waals surface area contributed by atoms with Gasteiger partial charge in [0.1, 0.15) is 11.5 Å². The number of carbonyl (C=O) groups is 1. The van der Waals surface area contributed by atoms with E-state index in [-0.39, 0.29) is 24.4 Å². The Balaban J connectivity index is 1.44. The molecule has 0 radical (unpaired) electrons. The highest BCUT2D eigenvalue weighted by molar-refractivity contribution is 7.80. The van der Waals surface area contributed by atoms with Crippen molar-refractivity contribution in [3.8, 4) is 17.2 Å². The molecule has 4 aromatic rings. The van der Waals surface area contributed by atoms with E-state index in [1.807, 2.05) is 79.0 Å². The topological polar surface area (TPSA) is 80.7 Å². The predicted molar refractivity (Wildman–Crippen MR) is 151 cm³/mol. The molecule has 9 heteroatoms. The van der Waals surface area contributed by atoms with Crippen molar-refractivity contribution < 1.29 is 14.3 Å². The molecular formula is C29H29N5O3S. The molecule has 194 valence electrons. The molecule has 1 fully saturated rings. The number of hydrogen-bond acceptors (Lipinski definition) is 5. The second-order valence-electron chi connectivity index (χ2n) is 8.82. The summed E-state index contributed by atoms with van der Waals surface area (Å²) in [6.07, 6.45) is 4.04. The Hall–Kier alpha value is -4.37. The molecule has 5 rings (SSSR count). The smallest absolute Gasteiger partial charge is 0.226 e. The summed E-state index contributed by atoms with van der Waals surface area (Å²) < 4.78 is 12.9. The van der Waals surface area contributed by atoms with Crippen LogP contribution < -0.4 is 20.1 Å². The molecule has 2 atom stereocenters. The van der Waals surface area contributed by atoms with Gasteiger partial charge in [0, 0.05) is 42.8 Å². The standard InChI is InChI=1S/C29H29N5O3S/c1-36-21-10-7-9-20(19-21)33-17-8-13-24(33)28-27(23-12-5-6-16-30-23)32-29(38)34(28)18-15-26(35)31-22-11-3-4-14-25(22)37-2/h3-14,16-17,19,27-28H,15,18H2,1-2H3,(H,31,35)(H,32,38). The molecule has 0 saturated carbocycles. The minimum absolute atomic E-state index is 0.125. The van der Waals surface area contributed by atoms with Crippen molar-refractivity contribution >= 4 is 28.9 Å². The number of thiocarbonyl (C=S) groups is 1. The number of carbonyl (C=O) groups excluding carboxylic acids is 1. The van der Waals surface area contributed by atoms with Crippen LogP contribution in [0.5, 0.6) is 11.5 Å². The first-order valence-corrected chi connectivity index (χ1v) is 12.7. The normalized spacial score (nSPS) is 16.7. The number of anilines is 1. The van der Waals surface area contributed by atoms with E-state index in [2.05, 4.69) is 31.2 Å². The van der Waals surface area contributed by atoms with E-state index >= 15 is 0 Å². The summed E-state index contributed by atoms with van der Waals surface area (Å²) in [5.74, 6) is 1.26. The van der Waals surface area contributed by atoms with Crippen LogP contribution in [0.4, 0.5) is 5.69 Å². The minimum atomic E-state index is -0.197. The molecule has 2 aromatic carbocycles. The summed E-state index contributed by atoms with van der Waals surface area (Å²) in [4.78, 5) is 19.6. The average molecular weight is 528 g/mol. The van der Waals surface area contributed by atoms with Crippen LogP contribution in [-0.4, -0.2) is 46.2 Å². The number of para-hydroxylation sites is 2. The summed E-state index contributed by atoms with van der Waals surface area (Å²) in [5.41, 5.74) is 3.50. The van der Waals surface area contributed by atoms with Gasteiger partial charge in [0.25, 0.3) is 0 Å². The van der Waals surface area contributed by atoms with Crippen molar-refractivity contribution in [2.24, 2.45) is 0 Å². The molecule has 1 amide bonds. The van der Waals surface area contributed by atoms with Gasteiger partial charge in [-0.15, -0.1) is 0 Å². The number of rotatable bonds is 9. The minimum Gasteiger partial charge on any atom is -0.497 e. The third-order valence-electron chi connectivity index (χ3n) is 6.57. The Bertz CT molecular complexity index is 1420. The highest BCUT2D eigenvalue weighted by Gasteiger charge is 2.41. The number of nitrogens with one attached hydrogen (secondary N) is 2. The summed E-state index contributed by atoms with van der Waals surface area (Å²) in [6, 6.07) is 24.8. The lowest BCUT2D eigenvalue weighted by Crippen LogP contribution is -2.33. The van der Waals surface area contributed by atoms with Gasteiger partial charge in [-0.1, -0.05) is 24.3 Å². The number of nitrogens with zero attached hydrogens (tertiary/aromatic N) is 3. The Kier molecular flexibility index (Phi) is 7.55. The molecule has 2 N–H and O–H groups in total. The van der Waals surface area contributed by atoms with Crippen molar-refractivity contribution in [1.82, 2.24) is 19.8 Å². The van der Waals surface area contributed by atoms with Gasteiger partial charge in [-0.25, -0.2) is 0 Å². The maximum Gasteiger partial charge on any atom is 0.226 e. The van der Waals surface area contributed by atoms with Crippen LogP contribution in [-0.2, 0) is 4.79 Å². The van der Waals surface area contributed by atoms with Gasteiger partial charge in [0.15, 0.2) is 5.11 Å². The van der Waals surface area contributed by atoms with E-state index in [4.69, 9.17) is 21.7 Å².